The summed E-state index contributed by atoms with van der Waals surface area (Å²) in [5.74, 6) is 0.163. The van der Waals surface area contributed by atoms with Gasteiger partial charge >= 0.3 is 6.09 Å². The molecule has 2 aromatic heterocycles. The number of pyridine rings is 1. The molecule has 1 unspecified atom stereocenters. The highest BCUT2D eigenvalue weighted by molar-refractivity contribution is 5.92. The van der Waals surface area contributed by atoms with Gasteiger partial charge in [-0.25, -0.2) is 4.79 Å². The van der Waals surface area contributed by atoms with E-state index in [0.717, 1.165) is 24.8 Å². The summed E-state index contributed by atoms with van der Waals surface area (Å²) in [7, 11) is 1.35. The van der Waals surface area contributed by atoms with Gasteiger partial charge in [0, 0.05) is 31.5 Å². The second-order valence-corrected chi connectivity index (χ2v) is 5.83. The number of amides is 2. The molecule has 0 radical (unpaired) electrons. The number of likely N-dealkylation sites (tertiary alicyclic amines) is 1. The molecule has 8 heteroatoms. The third-order valence-electron chi connectivity index (χ3n) is 4.18. The quantitative estimate of drug-likeness (QED) is 0.914. The van der Waals surface area contributed by atoms with Gasteiger partial charge in [0.25, 0.3) is 5.91 Å². The number of carbonyl (C=O) groups excluding carboxylic acids is 2. The third-order valence-corrected chi connectivity index (χ3v) is 4.18. The first-order valence-electron chi connectivity index (χ1n) is 8.17. The standard InChI is InChI=1S/C17H20N4O4/c1-24-17(23)21-8-3-2-6-14(21)15-9-13(20-25-15)16(22)19-11-12-5-4-7-18-10-12/h4-5,7,9-10,14H,2-3,6,8,11H2,1H3,(H,19,22). The molecule has 8 nitrogen and oxygen atoms in total. The summed E-state index contributed by atoms with van der Waals surface area (Å²) in [5, 5.41) is 6.61. The number of methoxy groups -OCH3 is 1. The van der Waals surface area contributed by atoms with Crippen LogP contribution in [0.1, 0.15) is 47.1 Å². The summed E-state index contributed by atoms with van der Waals surface area (Å²) in [5.41, 5.74) is 1.08. The van der Waals surface area contributed by atoms with E-state index in [9.17, 15) is 9.59 Å². The maximum Gasteiger partial charge on any atom is 0.410 e. The molecule has 0 saturated carbocycles. The van der Waals surface area contributed by atoms with Crippen molar-refractivity contribution in [1.29, 1.82) is 0 Å². The van der Waals surface area contributed by atoms with E-state index in [-0.39, 0.29) is 17.6 Å². The smallest absolute Gasteiger partial charge is 0.410 e. The number of nitrogens with one attached hydrogen (secondary N) is 1. The Morgan fingerprint density at radius 2 is 2.32 bits per heavy atom. The van der Waals surface area contributed by atoms with Crippen LogP contribution in [0.2, 0.25) is 0 Å². The number of nitrogens with zero attached hydrogens (tertiary/aromatic N) is 3. The van der Waals surface area contributed by atoms with Crippen molar-refractivity contribution in [1.82, 2.24) is 20.4 Å². The fourth-order valence-electron chi connectivity index (χ4n) is 2.89. The summed E-state index contributed by atoms with van der Waals surface area (Å²) in [6, 6.07) is 5.01. The van der Waals surface area contributed by atoms with Crippen molar-refractivity contribution in [2.75, 3.05) is 13.7 Å². The molecule has 132 valence electrons. The average molecular weight is 344 g/mol. The second kappa shape index (κ2) is 7.78. The van der Waals surface area contributed by atoms with E-state index in [1.165, 1.54) is 7.11 Å². The predicted octanol–water partition coefficient (Wildman–Crippen LogP) is 2.29. The summed E-state index contributed by atoms with van der Waals surface area (Å²) in [6.07, 6.45) is 5.60. The first kappa shape index (κ1) is 16.9. The van der Waals surface area contributed by atoms with Gasteiger partial charge in [-0.3, -0.25) is 14.7 Å². The van der Waals surface area contributed by atoms with Crippen LogP contribution in [-0.2, 0) is 11.3 Å². The van der Waals surface area contributed by atoms with Gasteiger partial charge in [0.2, 0.25) is 0 Å². The van der Waals surface area contributed by atoms with Gasteiger partial charge in [0.15, 0.2) is 11.5 Å². The fourth-order valence-corrected chi connectivity index (χ4v) is 2.89. The van der Waals surface area contributed by atoms with Gasteiger partial charge in [-0.05, 0) is 30.9 Å². The normalized spacial score (nSPS) is 17.2. The van der Waals surface area contributed by atoms with E-state index in [1.54, 1.807) is 29.4 Å². The van der Waals surface area contributed by atoms with E-state index in [1.807, 2.05) is 6.07 Å². The second-order valence-electron chi connectivity index (χ2n) is 5.83. The van der Waals surface area contributed by atoms with Crippen LogP contribution >= 0.6 is 0 Å². The Hall–Kier alpha value is -2.90. The molecule has 3 heterocycles. The fraction of sp³-hybridized carbons (Fsp3) is 0.412. The number of hydrogen-bond acceptors (Lipinski definition) is 6. The van der Waals surface area contributed by atoms with Gasteiger partial charge < -0.3 is 14.6 Å². The highest BCUT2D eigenvalue weighted by Crippen LogP contribution is 2.31. The first-order chi connectivity index (χ1) is 12.2. The lowest BCUT2D eigenvalue weighted by Crippen LogP contribution is -2.38. The number of piperidine rings is 1. The van der Waals surface area contributed by atoms with Crippen LogP contribution in [-0.4, -0.2) is 40.7 Å². The van der Waals surface area contributed by atoms with Crippen molar-refractivity contribution < 1.29 is 18.8 Å². The Kier molecular flexibility index (Phi) is 5.27. The molecule has 1 fully saturated rings. The molecule has 1 N–H and O–H groups in total. The first-order valence-corrected chi connectivity index (χ1v) is 8.17. The van der Waals surface area contributed by atoms with E-state index < -0.39 is 6.09 Å². The minimum absolute atomic E-state index is 0.189. The number of rotatable bonds is 4. The molecule has 1 aliphatic heterocycles. The van der Waals surface area contributed by atoms with Crippen molar-refractivity contribution in [2.45, 2.75) is 31.8 Å². The minimum Gasteiger partial charge on any atom is -0.453 e. The van der Waals surface area contributed by atoms with Crippen molar-refractivity contribution in [2.24, 2.45) is 0 Å². The lowest BCUT2D eigenvalue weighted by atomic mass is 10.0. The molecule has 3 rings (SSSR count). The monoisotopic (exact) mass is 344 g/mol. The average Bonchev–Trinajstić information content (AvgIpc) is 3.16. The van der Waals surface area contributed by atoms with E-state index in [4.69, 9.17) is 9.26 Å². The van der Waals surface area contributed by atoms with Crippen LogP contribution < -0.4 is 5.32 Å². The molecule has 2 amide bonds. The molecule has 1 aliphatic rings. The number of aromatic nitrogens is 2. The van der Waals surface area contributed by atoms with Gasteiger partial charge in [0.05, 0.1) is 13.2 Å². The third kappa shape index (κ3) is 3.96. The molecule has 2 aromatic rings. The van der Waals surface area contributed by atoms with Crippen LogP contribution in [0.3, 0.4) is 0 Å². The highest BCUT2D eigenvalue weighted by Gasteiger charge is 2.32. The van der Waals surface area contributed by atoms with Gasteiger partial charge in [-0.1, -0.05) is 11.2 Å². The Morgan fingerprint density at radius 3 is 3.08 bits per heavy atom. The van der Waals surface area contributed by atoms with Gasteiger partial charge in [-0.15, -0.1) is 0 Å². The number of carbonyl (C=O) groups is 2. The van der Waals surface area contributed by atoms with Crippen LogP contribution in [0.15, 0.2) is 35.1 Å². The van der Waals surface area contributed by atoms with E-state index in [0.29, 0.717) is 18.8 Å². The lowest BCUT2D eigenvalue weighted by molar-refractivity contribution is 0.0799. The minimum atomic E-state index is -0.399. The number of ether oxygens (including phenoxy) is 1. The summed E-state index contributed by atoms with van der Waals surface area (Å²) in [6.45, 7) is 0.952. The number of hydrogen-bond donors (Lipinski definition) is 1. The SMILES string of the molecule is COC(=O)N1CCCCC1c1cc(C(=O)NCc2cccnc2)no1. The molecule has 0 aliphatic carbocycles. The predicted molar refractivity (Wildman–Crippen MR) is 87.6 cm³/mol. The van der Waals surface area contributed by atoms with Crippen molar-refractivity contribution in [3.8, 4) is 0 Å². The Morgan fingerprint density at radius 1 is 1.44 bits per heavy atom. The van der Waals surface area contributed by atoms with Gasteiger partial charge in [-0.2, -0.15) is 0 Å². The van der Waals surface area contributed by atoms with E-state index >= 15 is 0 Å². The summed E-state index contributed by atoms with van der Waals surface area (Å²) in [4.78, 5) is 29.7. The van der Waals surface area contributed by atoms with Crippen LogP contribution in [0.5, 0.6) is 0 Å². The Balaban J connectivity index is 1.66. The highest BCUT2D eigenvalue weighted by atomic mass is 16.5. The maximum atomic E-state index is 12.2. The van der Waals surface area contributed by atoms with Crippen molar-refractivity contribution in [3.63, 3.8) is 0 Å². The largest absolute Gasteiger partial charge is 0.453 e. The van der Waals surface area contributed by atoms with Crippen LogP contribution in [0.4, 0.5) is 4.79 Å². The molecular formula is C17H20N4O4. The van der Waals surface area contributed by atoms with Crippen molar-refractivity contribution in [3.05, 3.63) is 47.6 Å². The maximum absolute atomic E-state index is 12.2. The molecule has 25 heavy (non-hydrogen) atoms. The zero-order valence-corrected chi connectivity index (χ0v) is 14.0. The molecular weight excluding hydrogens is 324 g/mol. The van der Waals surface area contributed by atoms with Gasteiger partial charge in [0.1, 0.15) is 0 Å². The van der Waals surface area contributed by atoms with Crippen LogP contribution in [0.25, 0.3) is 0 Å². The Labute approximate surface area is 145 Å². The Bertz CT molecular complexity index is 731. The van der Waals surface area contributed by atoms with E-state index in [2.05, 4.69) is 15.5 Å². The van der Waals surface area contributed by atoms with Crippen molar-refractivity contribution >= 4 is 12.0 Å². The molecule has 1 saturated heterocycles. The summed E-state index contributed by atoms with van der Waals surface area (Å²) >= 11 is 0. The molecule has 0 bridgehead atoms. The lowest BCUT2D eigenvalue weighted by Gasteiger charge is -2.32. The van der Waals surface area contributed by atoms with Crippen LogP contribution in [0, 0.1) is 0 Å². The topological polar surface area (TPSA) is 97.6 Å². The zero-order valence-electron chi connectivity index (χ0n) is 14.0. The zero-order chi connectivity index (χ0) is 17.6. The molecule has 0 aromatic carbocycles. The summed E-state index contributed by atoms with van der Waals surface area (Å²) < 4.78 is 10.2. The molecule has 0 spiro atoms. The molecule has 1 atom stereocenters.